The molecule has 3 N–H and O–H groups in total. The topological polar surface area (TPSA) is 77.8 Å². The van der Waals surface area contributed by atoms with Crippen molar-refractivity contribution in [2.75, 3.05) is 6.61 Å². The van der Waals surface area contributed by atoms with Gasteiger partial charge in [-0.15, -0.1) is 0 Å². The molecule has 0 heterocycles. The van der Waals surface area contributed by atoms with E-state index >= 15 is 0 Å². The fourth-order valence-corrected chi connectivity index (χ4v) is 0.363. The average molecular weight is 134 g/mol. The standard InChI is InChI=1S/C5H10O4/c1-3(7)5(9)4(8)2-6/h3,5-7,9H,2H2,1H3. The Morgan fingerprint density at radius 3 is 2.11 bits per heavy atom. The molecule has 0 aliphatic rings. The Hall–Kier alpha value is -0.450. The first-order chi connectivity index (χ1) is 4.09. The lowest BCUT2D eigenvalue weighted by Crippen LogP contribution is -2.33. The smallest absolute Gasteiger partial charge is 0.189 e. The van der Waals surface area contributed by atoms with Crippen LogP contribution in [0.1, 0.15) is 6.92 Å². The fourth-order valence-electron chi connectivity index (χ4n) is 0.363. The molecule has 0 amide bonds. The molecule has 0 radical (unpaired) electrons. The van der Waals surface area contributed by atoms with E-state index in [-0.39, 0.29) is 0 Å². The molecule has 0 aromatic heterocycles. The molecule has 4 heteroatoms. The molecule has 0 saturated carbocycles. The fraction of sp³-hybridized carbons (Fsp3) is 0.800. The Balaban J connectivity index is 3.72. The van der Waals surface area contributed by atoms with Gasteiger partial charge in [-0.2, -0.15) is 0 Å². The highest BCUT2D eigenvalue weighted by molar-refractivity contribution is 5.84. The van der Waals surface area contributed by atoms with Gasteiger partial charge in [0.1, 0.15) is 12.7 Å². The number of Topliss-reactive ketones (excluding diaryl/α,β-unsaturated/α-hetero) is 1. The van der Waals surface area contributed by atoms with Crippen LogP contribution in [0.15, 0.2) is 0 Å². The Bertz CT molecular complexity index is 99.1. The van der Waals surface area contributed by atoms with Gasteiger partial charge in [0.15, 0.2) is 5.78 Å². The summed E-state index contributed by atoms with van der Waals surface area (Å²) in [5.41, 5.74) is 0. The molecule has 0 rings (SSSR count). The Kier molecular flexibility index (Phi) is 3.37. The number of carbonyl (C=O) groups excluding carboxylic acids is 1. The van der Waals surface area contributed by atoms with Crippen molar-refractivity contribution in [3.63, 3.8) is 0 Å². The lowest BCUT2D eigenvalue weighted by Gasteiger charge is -2.09. The highest BCUT2D eigenvalue weighted by atomic mass is 16.3. The van der Waals surface area contributed by atoms with Gasteiger partial charge in [0.2, 0.25) is 0 Å². The predicted molar refractivity (Wildman–Crippen MR) is 29.8 cm³/mol. The molecule has 0 aromatic carbocycles. The van der Waals surface area contributed by atoms with E-state index in [1.54, 1.807) is 0 Å². The maximum atomic E-state index is 10.3. The van der Waals surface area contributed by atoms with Crippen LogP contribution in [0.25, 0.3) is 0 Å². The molecule has 0 aliphatic carbocycles. The van der Waals surface area contributed by atoms with E-state index in [0.717, 1.165) is 0 Å². The molecule has 0 aliphatic heterocycles. The second kappa shape index (κ2) is 3.55. The largest absolute Gasteiger partial charge is 0.390 e. The summed E-state index contributed by atoms with van der Waals surface area (Å²) >= 11 is 0. The van der Waals surface area contributed by atoms with Gasteiger partial charge in [0, 0.05) is 0 Å². The number of carbonyl (C=O) groups is 1. The lowest BCUT2D eigenvalue weighted by molar-refractivity contribution is -0.134. The van der Waals surface area contributed by atoms with E-state index in [1.165, 1.54) is 6.92 Å². The highest BCUT2D eigenvalue weighted by Gasteiger charge is 2.18. The summed E-state index contributed by atoms with van der Waals surface area (Å²) in [4.78, 5) is 10.3. The molecule has 9 heavy (non-hydrogen) atoms. The predicted octanol–water partition coefficient (Wildman–Crippen LogP) is -1.71. The molecule has 2 unspecified atom stereocenters. The maximum absolute atomic E-state index is 10.3. The number of ketones is 1. The second-order valence-electron chi connectivity index (χ2n) is 1.81. The lowest BCUT2D eigenvalue weighted by atomic mass is 10.1. The molecular formula is C5H10O4. The molecule has 0 spiro atoms. The summed E-state index contributed by atoms with van der Waals surface area (Å²) in [5, 5.41) is 25.3. The van der Waals surface area contributed by atoms with Gasteiger partial charge >= 0.3 is 0 Å². The Morgan fingerprint density at radius 1 is 1.56 bits per heavy atom. The summed E-state index contributed by atoms with van der Waals surface area (Å²) in [5.74, 6) is -0.759. The first-order valence-electron chi connectivity index (χ1n) is 2.59. The zero-order chi connectivity index (χ0) is 7.44. The third kappa shape index (κ3) is 2.55. The summed E-state index contributed by atoms with van der Waals surface area (Å²) in [6.07, 6.45) is -2.56. The zero-order valence-corrected chi connectivity index (χ0v) is 5.11. The third-order valence-electron chi connectivity index (χ3n) is 0.943. The summed E-state index contributed by atoms with van der Waals surface area (Å²) in [7, 11) is 0. The van der Waals surface area contributed by atoms with Gasteiger partial charge in [-0.25, -0.2) is 0 Å². The van der Waals surface area contributed by atoms with Crippen molar-refractivity contribution in [2.24, 2.45) is 0 Å². The van der Waals surface area contributed by atoms with E-state index in [1.807, 2.05) is 0 Å². The molecule has 0 fully saturated rings. The van der Waals surface area contributed by atoms with Crippen LogP contribution in [0.2, 0.25) is 0 Å². The SMILES string of the molecule is CC(O)C(O)C(=O)CO. The number of hydrogen-bond donors (Lipinski definition) is 3. The summed E-state index contributed by atoms with van der Waals surface area (Å²) < 4.78 is 0. The van der Waals surface area contributed by atoms with Crippen molar-refractivity contribution in [3.05, 3.63) is 0 Å². The van der Waals surface area contributed by atoms with Crippen molar-refractivity contribution in [1.29, 1.82) is 0 Å². The van der Waals surface area contributed by atoms with Gasteiger partial charge in [0.25, 0.3) is 0 Å². The molecule has 4 nitrogen and oxygen atoms in total. The minimum Gasteiger partial charge on any atom is -0.390 e. The number of aliphatic hydroxyl groups excluding tert-OH is 3. The van der Waals surface area contributed by atoms with Crippen LogP contribution in [-0.2, 0) is 4.79 Å². The van der Waals surface area contributed by atoms with Gasteiger partial charge in [0.05, 0.1) is 6.10 Å². The quantitative estimate of drug-likeness (QED) is 0.429. The normalized spacial score (nSPS) is 16.9. The van der Waals surface area contributed by atoms with E-state index in [2.05, 4.69) is 0 Å². The number of hydrogen-bond acceptors (Lipinski definition) is 4. The minimum atomic E-state index is -1.45. The van der Waals surface area contributed by atoms with Gasteiger partial charge in [-0.05, 0) is 6.92 Å². The third-order valence-corrected chi connectivity index (χ3v) is 0.943. The highest BCUT2D eigenvalue weighted by Crippen LogP contribution is 1.91. The first kappa shape index (κ1) is 8.55. The van der Waals surface area contributed by atoms with Crippen molar-refractivity contribution in [1.82, 2.24) is 0 Å². The first-order valence-corrected chi connectivity index (χ1v) is 2.59. The van der Waals surface area contributed by atoms with Gasteiger partial charge in [-0.1, -0.05) is 0 Å². The number of aliphatic hydroxyl groups is 3. The minimum absolute atomic E-state index is 0.730. The van der Waals surface area contributed by atoms with Crippen LogP contribution in [0.3, 0.4) is 0 Å². The van der Waals surface area contributed by atoms with Crippen LogP contribution in [-0.4, -0.2) is 39.9 Å². The molecule has 0 aromatic rings. The number of rotatable bonds is 3. The molecule has 0 saturated heterocycles. The second-order valence-corrected chi connectivity index (χ2v) is 1.81. The summed E-state index contributed by atoms with van der Waals surface area (Å²) in [6, 6.07) is 0. The van der Waals surface area contributed by atoms with E-state index in [4.69, 9.17) is 15.3 Å². The van der Waals surface area contributed by atoms with Crippen LogP contribution in [0.5, 0.6) is 0 Å². The van der Waals surface area contributed by atoms with E-state index in [0.29, 0.717) is 0 Å². The van der Waals surface area contributed by atoms with E-state index in [9.17, 15) is 4.79 Å². The molecule has 2 atom stereocenters. The van der Waals surface area contributed by atoms with Crippen LogP contribution in [0.4, 0.5) is 0 Å². The van der Waals surface area contributed by atoms with Crippen molar-refractivity contribution in [2.45, 2.75) is 19.1 Å². The van der Waals surface area contributed by atoms with E-state index < -0.39 is 24.6 Å². The molecular weight excluding hydrogens is 124 g/mol. The van der Waals surface area contributed by atoms with Crippen LogP contribution < -0.4 is 0 Å². The van der Waals surface area contributed by atoms with Crippen molar-refractivity contribution in [3.8, 4) is 0 Å². The van der Waals surface area contributed by atoms with Crippen molar-refractivity contribution >= 4 is 5.78 Å². The monoisotopic (exact) mass is 134 g/mol. The maximum Gasteiger partial charge on any atom is 0.189 e. The van der Waals surface area contributed by atoms with Crippen LogP contribution >= 0.6 is 0 Å². The Morgan fingerprint density at radius 2 is 2.00 bits per heavy atom. The molecule has 0 bridgehead atoms. The van der Waals surface area contributed by atoms with Crippen molar-refractivity contribution < 1.29 is 20.1 Å². The average Bonchev–Trinajstić information content (AvgIpc) is 1.84. The van der Waals surface area contributed by atoms with Gasteiger partial charge < -0.3 is 15.3 Å². The Labute approximate surface area is 52.7 Å². The van der Waals surface area contributed by atoms with Crippen LogP contribution in [0, 0.1) is 0 Å². The summed E-state index contributed by atoms with van der Waals surface area (Å²) in [6.45, 7) is 0.546. The molecule has 54 valence electrons. The van der Waals surface area contributed by atoms with Gasteiger partial charge in [-0.3, -0.25) is 4.79 Å². The zero-order valence-electron chi connectivity index (χ0n) is 5.11.